The molecule has 18 heavy (non-hydrogen) atoms. The first-order valence-corrected chi connectivity index (χ1v) is 7.45. The van der Waals surface area contributed by atoms with Crippen LogP contribution in [0.5, 0.6) is 0 Å². The van der Waals surface area contributed by atoms with Gasteiger partial charge in [0.05, 0.1) is 12.1 Å². The molecule has 0 radical (unpaired) electrons. The zero-order valence-corrected chi connectivity index (χ0v) is 11.8. The second-order valence-corrected chi connectivity index (χ2v) is 5.45. The first-order chi connectivity index (χ1) is 8.72. The number of halogens is 1. The van der Waals surface area contributed by atoms with Crippen LogP contribution in [0, 0.1) is 0 Å². The number of rotatable bonds is 5. The van der Waals surface area contributed by atoms with Gasteiger partial charge in [0.15, 0.2) is 0 Å². The molecule has 0 saturated carbocycles. The standard InChI is InChI=1S/C14H18BrNO2/c15-8-4-3-7-13(18)16-14-11-6-2-1-5-10(11)9-12(14)17/h1-2,5-6,12,14,17H,3-4,7-9H2,(H,16,18)/t12-,14+/m1/s1. The van der Waals surface area contributed by atoms with Crippen LogP contribution < -0.4 is 5.32 Å². The third-order valence-corrected chi connectivity index (χ3v) is 3.87. The fraction of sp³-hybridized carbons (Fsp3) is 0.500. The van der Waals surface area contributed by atoms with E-state index in [4.69, 9.17) is 0 Å². The van der Waals surface area contributed by atoms with Crippen molar-refractivity contribution in [3.8, 4) is 0 Å². The van der Waals surface area contributed by atoms with Gasteiger partial charge in [-0.3, -0.25) is 4.79 Å². The molecular weight excluding hydrogens is 294 g/mol. The third-order valence-electron chi connectivity index (χ3n) is 3.31. The molecule has 2 atom stereocenters. The van der Waals surface area contributed by atoms with Crippen LogP contribution in [0.3, 0.4) is 0 Å². The Morgan fingerprint density at radius 3 is 2.94 bits per heavy atom. The van der Waals surface area contributed by atoms with E-state index in [1.165, 1.54) is 0 Å². The van der Waals surface area contributed by atoms with E-state index < -0.39 is 6.10 Å². The van der Waals surface area contributed by atoms with E-state index in [0.717, 1.165) is 29.3 Å². The Labute approximate surface area is 116 Å². The molecule has 3 nitrogen and oxygen atoms in total. The van der Waals surface area contributed by atoms with Gasteiger partial charge in [-0.2, -0.15) is 0 Å². The van der Waals surface area contributed by atoms with Gasteiger partial charge in [0.25, 0.3) is 0 Å². The Morgan fingerprint density at radius 2 is 2.17 bits per heavy atom. The van der Waals surface area contributed by atoms with E-state index in [1.54, 1.807) is 0 Å². The zero-order valence-electron chi connectivity index (χ0n) is 10.2. The van der Waals surface area contributed by atoms with Crippen molar-refractivity contribution in [3.63, 3.8) is 0 Å². The van der Waals surface area contributed by atoms with E-state index in [9.17, 15) is 9.90 Å². The highest BCUT2D eigenvalue weighted by molar-refractivity contribution is 9.09. The number of nitrogens with one attached hydrogen (secondary N) is 1. The quantitative estimate of drug-likeness (QED) is 0.647. The van der Waals surface area contributed by atoms with Gasteiger partial charge in [-0.15, -0.1) is 0 Å². The lowest BCUT2D eigenvalue weighted by molar-refractivity contribution is -0.122. The van der Waals surface area contributed by atoms with Crippen molar-refractivity contribution < 1.29 is 9.90 Å². The number of carbonyl (C=O) groups is 1. The highest BCUT2D eigenvalue weighted by atomic mass is 79.9. The van der Waals surface area contributed by atoms with Gasteiger partial charge in [-0.1, -0.05) is 40.2 Å². The van der Waals surface area contributed by atoms with Crippen molar-refractivity contribution in [2.24, 2.45) is 0 Å². The van der Waals surface area contributed by atoms with E-state index >= 15 is 0 Å². The largest absolute Gasteiger partial charge is 0.390 e. The third kappa shape index (κ3) is 3.12. The monoisotopic (exact) mass is 311 g/mol. The summed E-state index contributed by atoms with van der Waals surface area (Å²) in [5.74, 6) is 0.0247. The van der Waals surface area contributed by atoms with E-state index in [1.807, 2.05) is 24.3 Å². The van der Waals surface area contributed by atoms with Crippen LogP contribution in [-0.2, 0) is 11.2 Å². The molecule has 2 rings (SSSR count). The first-order valence-electron chi connectivity index (χ1n) is 6.33. The van der Waals surface area contributed by atoms with E-state index in [0.29, 0.717) is 12.8 Å². The van der Waals surface area contributed by atoms with Crippen molar-refractivity contribution in [2.45, 2.75) is 37.8 Å². The molecule has 0 aromatic heterocycles. The maximum absolute atomic E-state index is 11.8. The lowest BCUT2D eigenvalue weighted by Crippen LogP contribution is -2.33. The molecule has 1 aromatic rings. The van der Waals surface area contributed by atoms with E-state index in [-0.39, 0.29) is 11.9 Å². The molecule has 98 valence electrons. The maximum atomic E-state index is 11.8. The maximum Gasteiger partial charge on any atom is 0.220 e. The van der Waals surface area contributed by atoms with Gasteiger partial charge in [0.2, 0.25) is 5.91 Å². The van der Waals surface area contributed by atoms with Crippen LogP contribution in [-0.4, -0.2) is 22.4 Å². The summed E-state index contributed by atoms with van der Waals surface area (Å²) >= 11 is 3.35. The number of hydrogen-bond acceptors (Lipinski definition) is 2. The minimum absolute atomic E-state index is 0.0247. The Hall–Kier alpha value is -0.870. The molecule has 1 aliphatic carbocycles. The summed E-state index contributed by atoms with van der Waals surface area (Å²) in [5, 5.41) is 13.9. The molecule has 0 saturated heterocycles. The summed E-state index contributed by atoms with van der Waals surface area (Å²) < 4.78 is 0. The Morgan fingerprint density at radius 1 is 1.39 bits per heavy atom. The van der Waals surface area contributed by atoms with Gasteiger partial charge in [0.1, 0.15) is 0 Å². The zero-order chi connectivity index (χ0) is 13.0. The van der Waals surface area contributed by atoms with Gasteiger partial charge < -0.3 is 10.4 Å². The number of fused-ring (bicyclic) bond motifs is 1. The van der Waals surface area contributed by atoms with Gasteiger partial charge in [-0.05, 0) is 24.0 Å². The Bertz CT molecular complexity index is 422. The summed E-state index contributed by atoms with van der Waals surface area (Å²) in [4.78, 5) is 11.8. The van der Waals surface area contributed by atoms with Gasteiger partial charge in [0, 0.05) is 18.2 Å². The smallest absolute Gasteiger partial charge is 0.220 e. The van der Waals surface area contributed by atoms with Crippen LogP contribution in [0.1, 0.15) is 36.4 Å². The molecule has 0 heterocycles. The molecule has 1 aromatic carbocycles. The van der Waals surface area contributed by atoms with Crippen molar-refractivity contribution in [1.82, 2.24) is 5.32 Å². The van der Waals surface area contributed by atoms with Gasteiger partial charge >= 0.3 is 0 Å². The number of benzene rings is 1. The fourth-order valence-electron chi connectivity index (χ4n) is 2.37. The highest BCUT2D eigenvalue weighted by Gasteiger charge is 2.31. The van der Waals surface area contributed by atoms with Crippen LogP contribution in [0.4, 0.5) is 0 Å². The number of aliphatic hydroxyl groups excluding tert-OH is 1. The SMILES string of the molecule is O=C(CCCCBr)N[C@H]1c2ccccc2C[C@H]1O. The topological polar surface area (TPSA) is 49.3 Å². The number of amides is 1. The molecule has 0 spiro atoms. The molecule has 0 unspecified atom stereocenters. The molecule has 1 aliphatic rings. The van der Waals surface area contributed by atoms with Crippen molar-refractivity contribution in [1.29, 1.82) is 0 Å². The number of aliphatic hydroxyl groups is 1. The summed E-state index contributed by atoms with van der Waals surface area (Å²) in [6, 6.07) is 7.66. The Kier molecular flexibility index (Phi) is 4.78. The predicted molar refractivity (Wildman–Crippen MR) is 74.7 cm³/mol. The van der Waals surface area contributed by atoms with Crippen LogP contribution >= 0.6 is 15.9 Å². The molecule has 0 fully saturated rings. The molecular formula is C14H18BrNO2. The molecule has 2 N–H and O–H groups in total. The first kappa shape index (κ1) is 13.6. The second-order valence-electron chi connectivity index (χ2n) is 4.66. The lowest BCUT2D eigenvalue weighted by Gasteiger charge is -2.17. The summed E-state index contributed by atoms with van der Waals surface area (Å²) in [5.41, 5.74) is 2.19. The summed E-state index contributed by atoms with van der Waals surface area (Å²) in [6.07, 6.45) is 2.53. The van der Waals surface area contributed by atoms with Crippen molar-refractivity contribution in [3.05, 3.63) is 35.4 Å². The normalized spacial score (nSPS) is 21.7. The average molecular weight is 312 g/mol. The number of unbranched alkanes of at least 4 members (excludes halogenated alkanes) is 1. The number of carbonyl (C=O) groups excluding carboxylic acids is 1. The highest BCUT2D eigenvalue weighted by Crippen LogP contribution is 2.31. The van der Waals surface area contributed by atoms with Crippen LogP contribution in [0.2, 0.25) is 0 Å². The number of alkyl halides is 1. The molecule has 0 bridgehead atoms. The predicted octanol–water partition coefficient (Wildman–Crippen LogP) is 2.33. The lowest BCUT2D eigenvalue weighted by atomic mass is 10.1. The molecule has 1 amide bonds. The second kappa shape index (κ2) is 6.34. The fourth-order valence-corrected chi connectivity index (χ4v) is 2.77. The summed E-state index contributed by atoms with van der Waals surface area (Å²) in [6.45, 7) is 0. The van der Waals surface area contributed by atoms with Crippen LogP contribution in [0.15, 0.2) is 24.3 Å². The average Bonchev–Trinajstić information content (AvgIpc) is 2.67. The van der Waals surface area contributed by atoms with Gasteiger partial charge in [-0.25, -0.2) is 0 Å². The van der Waals surface area contributed by atoms with E-state index in [2.05, 4.69) is 21.2 Å². The molecule has 4 heteroatoms. The molecule has 0 aliphatic heterocycles. The minimum Gasteiger partial charge on any atom is -0.390 e. The van der Waals surface area contributed by atoms with Crippen molar-refractivity contribution >= 4 is 21.8 Å². The van der Waals surface area contributed by atoms with Crippen molar-refractivity contribution in [2.75, 3.05) is 5.33 Å². The Balaban J connectivity index is 1.95. The number of hydrogen-bond donors (Lipinski definition) is 2. The minimum atomic E-state index is -0.498. The summed E-state index contributed by atoms with van der Waals surface area (Å²) in [7, 11) is 0. The van der Waals surface area contributed by atoms with Crippen LogP contribution in [0.25, 0.3) is 0 Å².